The van der Waals surface area contributed by atoms with Crippen molar-refractivity contribution < 1.29 is 0 Å². The number of rotatable bonds is 2. The van der Waals surface area contributed by atoms with Crippen LogP contribution in [0.5, 0.6) is 0 Å². The van der Waals surface area contributed by atoms with Gasteiger partial charge in [0.1, 0.15) is 5.82 Å². The van der Waals surface area contributed by atoms with Crippen molar-refractivity contribution in [2.75, 3.05) is 30.3 Å². The maximum absolute atomic E-state index is 6.20. The van der Waals surface area contributed by atoms with Crippen molar-refractivity contribution in [2.24, 2.45) is 0 Å². The number of nitrogens with two attached hydrogens (primary N) is 1. The first kappa shape index (κ1) is 13.9. The lowest BCUT2D eigenvalue weighted by Crippen LogP contribution is -2.50. The molecule has 1 saturated heterocycles. The summed E-state index contributed by atoms with van der Waals surface area (Å²) in [6.45, 7) is 4.93. The van der Waals surface area contributed by atoms with E-state index in [-0.39, 0.29) is 0 Å². The summed E-state index contributed by atoms with van der Waals surface area (Å²) in [4.78, 5) is 10.9. The molecule has 0 amide bonds. The molecule has 3 N–H and O–H groups in total. The molecule has 118 valence electrons. The summed E-state index contributed by atoms with van der Waals surface area (Å²) >= 11 is 0. The zero-order chi connectivity index (χ0) is 15.8. The van der Waals surface area contributed by atoms with Crippen molar-refractivity contribution in [3.05, 3.63) is 30.6 Å². The van der Waals surface area contributed by atoms with E-state index in [9.17, 15) is 0 Å². The molecule has 4 heterocycles. The Hall–Kier alpha value is -2.74. The molecule has 1 aliphatic rings. The highest BCUT2D eigenvalue weighted by molar-refractivity contribution is 5.64. The minimum atomic E-state index is 0.360. The largest absolute Gasteiger partial charge is 0.369 e. The molecule has 0 bridgehead atoms. The second kappa shape index (κ2) is 5.47. The lowest BCUT2D eigenvalue weighted by molar-refractivity contribution is 0.497. The topological polar surface area (TPSA) is 97.3 Å². The molecule has 0 saturated carbocycles. The van der Waals surface area contributed by atoms with E-state index in [0.717, 1.165) is 31.0 Å². The fourth-order valence-corrected chi connectivity index (χ4v) is 2.94. The van der Waals surface area contributed by atoms with Crippen molar-refractivity contribution in [3.8, 4) is 11.4 Å². The third-order valence-electron chi connectivity index (χ3n) is 4.12. The maximum Gasteiger partial charge on any atom is 0.209 e. The summed E-state index contributed by atoms with van der Waals surface area (Å²) in [6, 6.07) is 6.08. The van der Waals surface area contributed by atoms with E-state index in [1.165, 1.54) is 0 Å². The van der Waals surface area contributed by atoms with E-state index in [1.807, 2.05) is 18.2 Å². The van der Waals surface area contributed by atoms with Gasteiger partial charge in [0.15, 0.2) is 11.5 Å². The SMILES string of the molecule is CC1CNCCN1c1cc2nnc(-c3cccnc3)n2c(N)n1. The number of piperazine rings is 1. The first-order chi connectivity index (χ1) is 11.2. The number of hydrogen-bond donors (Lipinski definition) is 2. The highest BCUT2D eigenvalue weighted by Crippen LogP contribution is 2.24. The zero-order valence-corrected chi connectivity index (χ0v) is 12.8. The number of nitrogens with zero attached hydrogens (tertiary/aromatic N) is 6. The number of nitrogen functional groups attached to an aromatic ring is 1. The molecule has 8 heteroatoms. The van der Waals surface area contributed by atoms with Gasteiger partial charge in [-0.3, -0.25) is 4.98 Å². The van der Waals surface area contributed by atoms with Gasteiger partial charge in [0.2, 0.25) is 5.95 Å². The predicted molar refractivity (Wildman–Crippen MR) is 88.1 cm³/mol. The molecule has 3 aromatic rings. The molecular formula is C15H18N8. The molecule has 1 unspecified atom stereocenters. The zero-order valence-electron chi connectivity index (χ0n) is 12.8. The van der Waals surface area contributed by atoms with Crippen LogP contribution in [0.3, 0.4) is 0 Å². The first-order valence-corrected chi connectivity index (χ1v) is 7.63. The average molecular weight is 310 g/mol. The maximum atomic E-state index is 6.20. The van der Waals surface area contributed by atoms with Gasteiger partial charge in [0.05, 0.1) is 0 Å². The van der Waals surface area contributed by atoms with E-state index in [2.05, 4.69) is 37.3 Å². The van der Waals surface area contributed by atoms with Gasteiger partial charge in [-0.25, -0.2) is 4.40 Å². The molecular weight excluding hydrogens is 292 g/mol. The fourth-order valence-electron chi connectivity index (χ4n) is 2.94. The van der Waals surface area contributed by atoms with Gasteiger partial charge in [0, 0.05) is 49.7 Å². The minimum Gasteiger partial charge on any atom is -0.369 e. The van der Waals surface area contributed by atoms with Crippen molar-refractivity contribution >= 4 is 17.4 Å². The Morgan fingerprint density at radius 3 is 3.04 bits per heavy atom. The van der Waals surface area contributed by atoms with Crippen molar-refractivity contribution in [1.29, 1.82) is 0 Å². The number of nitrogens with one attached hydrogen (secondary N) is 1. The first-order valence-electron chi connectivity index (χ1n) is 7.63. The van der Waals surface area contributed by atoms with E-state index < -0.39 is 0 Å². The standard InChI is InChI=1S/C15H18N8/c1-10-8-18-5-6-22(10)12-7-13-20-21-14(23(13)15(16)19-12)11-3-2-4-17-9-11/h2-4,7,9-10,18H,5-6,8H2,1H3,(H2,16,19). The predicted octanol–water partition coefficient (Wildman–Crippen LogP) is 0.567. The average Bonchev–Trinajstić information content (AvgIpc) is 3.00. The molecule has 0 radical (unpaired) electrons. The van der Waals surface area contributed by atoms with Gasteiger partial charge in [-0.1, -0.05) is 0 Å². The van der Waals surface area contributed by atoms with Gasteiger partial charge >= 0.3 is 0 Å². The normalized spacial score (nSPS) is 18.5. The summed E-state index contributed by atoms with van der Waals surface area (Å²) in [5, 5.41) is 11.9. The smallest absolute Gasteiger partial charge is 0.209 e. The Labute approximate surface area is 133 Å². The van der Waals surface area contributed by atoms with Crippen LogP contribution in [-0.2, 0) is 0 Å². The van der Waals surface area contributed by atoms with E-state index >= 15 is 0 Å². The van der Waals surface area contributed by atoms with Crippen LogP contribution < -0.4 is 16.0 Å². The van der Waals surface area contributed by atoms with E-state index in [4.69, 9.17) is 5.73 Å². The summed E-state index contributed by atoms with van der Waals surface area (Å²) < 4.78 is 1.76. The molecule has 1 fully saturated rings. The monoisotopic (exact) mass is 310 g/mol. The van der Waals surface area contributed by atoms with Crippen LogP contribution in [0.25, 0.3) is 17.0 Å². The lowest BCUT2D eigenvalue weighted by atomic mass is 10.2. The van der Waals surface area contributed by atoms with Crippen LogP contribution in [0.2, 0.25) is 0 Å². The summed E-state index contributed by atoms with van der Waals surface area (Å²) in [6.07, 6.45) is 3.46. The van der Waals surface area contributed by atoms with Crippen LogP contribution in [0.1, 0.15) is 6.92 Å². The Morgan fingerprint density at radius 2 is 2.26 bits per heavy atom. The summed E-state index contributed by atoms with van der Waals surface area (Å²) in [7, 11) is 0. The number of fused-ring (bicyclic) bond motifs is 1. The van der Waals surface area contributed by atoms with Crippen LogP contribution in [0.15, 0.2) is 30.6 Å². The minimum absolute atomic E-state index is 0.360. The third-order valence-corrected chi connectivity index (χ3v) is 4.12. The molecule has 3 aromatic heterocycles. The number of anilines is 2. The van der Waals surface area contributed by atoms with Crippen molar-refractivity contribution in [1.82, 2.24) is 29.9 Å². The van der Waals surface area contributed by atoms with E-state index in [1.54, 1.807) is 16.8 Å². The van der Waals surface area contributed by atoms with Crippen molar-refractivity contribution in [3.63, 3.8) is 0 Å². The van der Waals surface area contributed by atoms with Crippen molar-refractivity contribution in [2.45, 2.75) is 13.0 Å². The van der Waals surface area contributed by atoms with Gasteiger partial charge in [0.25, 0.3) is 0 Å². The summed E-state index contributed by atoms with van der Waals surface area (Å²) in [5.74, 6) is 1.87. The second-order valence-electron chi connectivity index (χ2n) is 5.68. The molecule has 1 aliphatic heterocycles. The van der Waals surface area contributed by atoms with Gasteiger partial charge in [-0.15, -0.1) is 10.2 Å². The number of aromatic nitrogens is 5. The van der Waals surface area contributed by atoms with Gasteiger partial charge in [-0.05, 0) is 19.1 Å². The Balaban J connectivity index is 1.81. The van der Waals surface area contributed by atoms with Gasteiger partial charge in [-0.2, -0.15) is 4.98 Å². The summed E-state index contributed by atoms with van der Waals surface area (Å²) in [5.41, 5.74) is 7.75. The Bertz CT molecular complexity index is 828. The van der Waals surface area contributed by atoms with Crippen LogP contribution in [0.4, 0.5) is 11.8 Å². The van der Waals surface area contributed by atoms with E-state index in [0.29, 0.717) is 23.5 Å². The highest BCUT2D eigenvalue weighted by Gasteiger charge is 2.21. The Morgan fingerprint density at radius 1 is 1.35 bits per heavy atom. The third kappa shape index (κ3) is 2.36. The van der Waals surface area contributed by atoms with Crippen LogP contribution >= 0.6 is 0 Å². The molecule has 1 atom stereocenters. The number of pyridine rings is 1. The number of hydrogen-bond acceptors (Lipinski definition) is 7. The highest BCUT2D eigenvalue weighted by atomic mass is 15.3. The fraction of sp³-hybridized carbons (Fsp3) is 0.333. The van der Waals surface area contributed by atoms with Crippen LogP contribution in [-0.4, -0.2) is 50.2 Å². The molecule has 4 rings (SSSR count). The second-order valence-corrected chi connectivity index (χ2v) is 5.68. The molecule has 0 aliphatic carbocycles. The Kier molecular flexibility index (Phi) is 3.30. The molecule has 0 spiro atoms. The molecule has 23 heavy (non-hydrogen) atoms. The van der Waals surface area contributed by atoms with Crippen LogP contribution in [0, 0.1) is 0 Å². The molecule has 0 aromatic carbocycles. The lowest BCUT2D eigenvalue weighted by Gasteiger charge is -2.34. The quantitative estimate of drug-likeness (QED) is 0.714. The molecule has 8 nitrogen and oxygen atoms in total. The van der Waals surface area contributed by atoms with Gasteiger partial charge < -0.3 is 16.0 Å².